The summed E-state index contributed by atoms with van der Waals surface area (Å²) in [4.78, 5) is 2.46. The van der Waals surface area contributed by atoms with E-state index < -0.39 is 5.60 Å². The minimum Gasteiger partial charge on any atom is -0.365 e. The van der Waals surface area contributed by atoms with Crippen LogP contribution in [0.15, 0.2) is 48.5 Å². The maximum atomic E-state index is 6.48. The van der Waals surface area contributed by atoms with Crippen LogP contribution in [0.2, 0.25) is 10.0 Å². The molecule has 134 valence electrons. The third kappa shape index (κ3) is 3.73. The monoisotopic (exact) mass is 377 g/mol. The van der Waals surface area contributed by atoms with E-state index in [1.165, 1.54) is 0 Å². The topological polar surface area (TPSA) is 12.5 Å². The number of halogens is 2. The van der Waals surface area contributed by atoms with Gasteiger partial charge >= 0.3 is 0 Å². The van der Waals surface area contributed by atoms with E-state index >= 15 is 0 Å². The maximum Gasteiger partial charge on any atom is 0.122 e. The summed E-state index contributed by atoms with van der Waals surface area (Å²) in [5.74, 6) is 0.351. The highest BCUT2D eigenvalue weighted by Gasteiger charge is 2.47. The molecule has 1 unspecified atom stereocenters. The number of rotatable bonds is 6. The van der Waals surface area contributed by atoms with Crippen molar-refractivity contribution < 1.29 is 4.74 Å². The average molecular weight is 378 g/mol. The van der Waals surface area contributed by atoms with Crippen LogP contribution in [0.25, 0.3) is 0 Å². The molecular weight excluding hydrogens is 353 g/mol. The molecule has 0 aromatic heterocycles. The van der Waals surface area contributed by atoms with Gasteiger partial charge in [0.05, 0.1) is 0 Å². The summed E-state index contributed by atoms with van der Waals surface area (Å²) in [5, 5.41) is 1.46. The predicted octanol–water partition coefficient (Wildman–Crippen LogP) is 5.62. The lowest BCUT2D eigenvalue weighted by molar-refractivity contribution is 0.00174. The molecular formula is C21H25Cl2NO. The highest BCUT2D eigenvalue weighted by Crippen LogP contribution is 2.47. The molecule has 25 heavy (non-hydrogen) atoms. The van der Waals surface area contributed by atoms with Crippen molar-refractivity contribution in [2.45, 2.75) is 25.9 Å². The molecule has 0 N–H and O–H groups in total. The van der Waals surface area contributed by atoms with Gasteiger partial charge < -0.3 is 9.64 Å². The maximum absolute atomic E-state index is 6.48. The zero-order valence-electron chi connectivity index (χ0n) is 14.8. The SMILES string of the molecule is CCN(CC)CC1CCOC1(c1cccc(Cl)c1)c1cccc(Cl)c1. The van der Waals surface area contributed by atoms with Crippen molar-refractivity contribution in [2.24, 2.45) is 5.92 Å². The fourth-order valence-electron chi connectivity index (χ4n) is 3.94. The van der Waals surface area contributed by atoms with Gasteiger partial charge in [0.2, 0.25) is 0 Å². The van der Waals surface area contributed by atoms with E-state index in [-0.39, 0.29) is 0 Å². The Morgan fingerprint density at radius 1 is 1.00 bits per heavy atom. The summed E-state index contributed by atoms with van der Waals surface area (Å²) in [6.45, 7) is 8.22. The summed E-state index contributed by atoms with van der Waals surface area (Å²) in [6.07, 6.45) is 1.02. The standard InChI is InChI=1S/C21H25Cl2NO/c1-3-24(4-2)15-18-11-12-25-21(18,16-7-5-9-19(22)13-16)17-8-6-10-20(23)14-17/h5-10,13-14,18H,3-4,11-12,15H2,1-2H3. The van der Waals surface area contributed by atoms with Gasteiger partial charge in [0, 0.05) is 29.1 Å². The molecule has 0 saturated carbocycles. The Morgan fingerprint density at radius 2 is 1.56 bits per heavy atom. The lowest BCUT2D eigenvalue weighted by atomic mass is 9.76. The van der Waals surface area contributed by atoms with E-state index in [0.29, 0.717) is 5.92 Å². The van der Waals surface area contributed by atoms with Crippen molar-refractivity contribution in [3.05, 3.63) is 69.7 Å². The van der Waals surface area contributed by atoms with Gasteiger partial charge in [-0.25, -0.2) is 0 Å². The third-order valence-corrected chi connectivity index (χ3v) is 5.72. The summed E-state index contributed by atoms with van der Waals surface area (Å²) in [7, 11) is 0. The summed E-state index contributed by atoms with van der Waals surface area (Å²) >= 11 is 12.6. The minimum absolute atomic E-state index is 0.351. The average Bonchev–Trinajstić information content (AvgIpc) is 3.04. The van der Waals surface area contributed by atoms with Crippen LogP contribution >= 0.6 is 23.2 Å². The number of benzene rings is 2. The normalized spacial score (nSPS) is 19.5. The fourth-order valence-corrected chi connectivity index (χ4v) is 4.32. The molecule has 2 aromatic rings. The minimum atomic E-state index is -0.502. The molecule has 1 heterocycles. The molecule has 4 heteroatoms. The Kier molecular flexibility index (Phi) is 6.06. The molecule has 0 radical (unpaired) electrons. The van der Waals surface area contributed by atoms with E-state index in [1.54, 1.807) is 0 Å². The molecule has 1 atom stereocenters. The second kappa shape index (κ2) is 8.09. The van der Waals surface area contributed by atoms with Gasteiger partial charge in [-0.2, -0.15) is 0 Å². The largest absolute Gasteiger partial charge is 0.365 e. The van der Waals surface area contributed by atoms with Gasteiger partial charge in [-0.15, -0.1) is 0 Å². The van der Waals surface area contributed by atoms with Crippen LogP contribution in [-0.2, 0) is 10.3 Å². The summed E-state index contributed by atoms with van der Waals surface area (Å²) < 4.78 is 6.48. The first-order valence-electron chi connectivity index (χ1n) is 8.98. The van der Waals surface area contributed by atoms with Crippen LogP contribution < -0.4 is 0 Å². The first-order valence-corrected chi connectivity index (χ1v) is 9.74. The van der Waals surface area contributed by atoms with E-state index in [4.69, 9.17) is 27.9 Å². The van der Waals surface area contributed by atoms with Crippen molar-refractivity contribution in [2.75, 3.05) is 26.2 Å². The van der Waals surface area contributed by atoms with Crippen molar-refractivity contribution in [3.63, 3.8) is 0 Å². The molecule has 0 aliphatic carbocycles. The van der Waals surface area contributed by atoms with Gasteiger partial charge in [0.1, 0.15) is 5.60 Å². The third-order valence-electron chi connectivity index (χ3n) is 5.25. The summed E-state index contributed by atoms with van der Waals surface area (Å²) in [5.41, 5.74) is 1.71. The number of hydrogen-bond donors (Lipinski definition) is 0. The van der Waals surface area contributed by atoms with Crippen LogP contribution in [0.5, 0.6) is 0 Å². The number of nitrogens with zero attached hydrogens (tertiary/aromatic N) is 1. The zero-order valence-corrected chi connectivity index (χ0v) is 16.4. The van der Waals surface area contributed by atoms with E-state index in [9.17, 15) is 0 Å². The first-order chi connectivity index (χ1) is 12.1. The smallest absolute Gasteiger partial charge is 0.122 e. The van der Waals surface area contributed by atoms with Gasteiger partial charge in [-0.1, -0.05) is 61.3 Å². The second-order valence-corrected chi connectivity index (χ2v) is 7.45. The Hall–Kier alpha value is -1.06. The van der Waals surface area contributed by atoms with Crippen LogP contribution in [0.4, 0.5) is 0 Å². The second-order valence-electron chi connectivity index (χ2n) is 6.58. The number of ether oxygens (including phenoxy) is 1. The van der Waals surface area contributed by atoms with E-state index in [2.05, 4.69) is 30.9 Å². The van der Waals surface area contributed by atoms with Crippen LogP contribution in [0.3, 0.4) is 0 Å². The highest BCUT2D eigenvalue weighted by atomic mass is 35.5. The van der Waals surface area contributed by atoms with Crippen molar-refractivity contribution in [3.8, 4) is 0 Å². The molecule has 2 aromatic carbocycles. The van der Waals surface area contributed by atoms with Gasteiger partial charge in [-0.05, 0) is 54.9 Å². The molecule has 3 rings (SSSR count). The predicted molar refractivity (Wildman–Crippen MR) is 106 cm³/mol. The van der Waals surface area contributed by atoms with Crippen LogP contribution in [0.1, 0.15) is 31.4 Å². The molecule has 0 spiro atoms. The lowest BCUT2D eigenvalue weighted by Crippen LogP contribution is -2.41. The highest BCUT2D eigenvalue weighted by molar-refractivity contribution is 6.31. The quantitative estimate of drug-likeness (QED) is 0.647. The number of hydrogen-bond acceptors (Lipinski definition) is 2. The summed E-state index contributed by atoms with van der Waals surface area (Å²) in [6, 6.07) is 16.1. The molecule has 0 amide bonds. The lowest BCUT2D eigenvalue weighted by Gasteiger charge is -2.38. The van der Waals surface area contributed by atoms with E-state index in [1.807, 2.05) is 36.4 Å². The van der Waals surface area contributed by atoms with Crippen molar-refractivity contribution in [1.29, 1.82) is 0 Å². The Labute approximate surface area is 160 Å². The first kappa shape index (κ1) is 18.7. The molecule has 1 aliphatic rings. The molecule has 0 bridgehead atoms. The zero-order chi connectivity index (χ0) is 17.9. The van der Waals surface area contributed by atoms with Gasteiger partial charge in [0.25, 0.3) is 0 Å². The Morgan fingerprint density at radius 3 is 2.04 bits per heavy atom. The molecule has 1 saturated heterocycles. The Bertz CT molecular complexity index is 669. The van der Waals surface area contributed by atoms with E-state index in [0.717, 1.165) is 53.8 Å². The van der Waals surface area contributed by atoms with Gasteiger partial charge in [-0.3, -0.25) is 0 Å². The van der Waals surface area contributed by atoms with Crippen LogP contribution in [-0.4, -0.2) is 31.1 Å². The fraction of sp³-hybridized carbons (Fsp3) is 0.429. The van der Waals surface area contributed by atoms with Gasteiger partial charge in [0.15, 0.2) is 0 Å². The molecule has 1 fully saturated rings. The van der Waals surface area contributed by atoms with Crippen molar-refractivity contribution in [1.82, 2.24) is 4.90 Å². The van der Waals surface area contributed by atoms with Crippen LogP contribution in [0, 0.1) is 5.92 Å². The van der Waals surface area contributed by atoms with Crippen molar-refractivity contribution >= 4 is 23.2 Å². The molecule has 1 aliphatic heterocycles. The Balaban J connectivity index is 2.11. The molecule has 2 nitrogen and oxygen atoms in total.